The standard InChI is InChI=1S/C16H17BrN4/c1-10(2)21-15(9-18)19-20-16(21)13-4-3-12-8-14(17)6-5-11(12)7-13/h3-8,10H,9,18H2,1-2H3. The molecule has 0 aliphatic rings. The van der Waals surface area contributed by atoms with E-state index >= 15 is 0 Å². The van der Waals surface area contributed by atoms with Gasteiger partial charge in [-0.05, 0) is 42.8 Å². The van der Waals surface area contributed by atoms with E-state index in [4.69, 9.17) is 5.73 Å². The lowest BCUT2D eigenvalue weighted by Gasteiger charge is -2.13. The molecule has 1 heterocycles. The van der Waals surface area contributed by atoms with Crippen LogP contribution in [0.15, 0.2) is 40.9 Å². The van der Waals surface area contributed by atoms with Crippen LogP contribution in [0.25, 0.3) is 22.2 Å². The number of hydrogen-bond donors (Lipinski definition) is 1. The van der Waals surface area contributed by atoms with Crippen LogP contribution in [-0.4, -0.2) is 14.8 Å². The Hall–Kier alpha value is -1.72. The third kappa shape index (κ3) is 2.59. The monoisotopic (exact) mass is 344 g/mol. The van der Waals surface area contributed by atoms with Gasteiger partial charge in [-0.25, -0.2) is 0 Å². The molecule has 0 unspecified atom stereocenters. The zero-order valence-electron chi connectivity index (χ0n) is 12.0. The Bertz CT molecular complexity index is 792. The van der Waals surface area contributed by atoms with Crippen LogP contribution in [0.1, 0.15) is 25.7 Å². The first-order valence-electron chi connectivity index (χ1n) is 6.93. The van der Waals surface area contributed by atoms with Gasteiger partial charge in [-0.15, -0.1) is 10.2 Å². The molecule has 3 aromatic rings. The largest absolute Gasteiger partial charge is 0.324 e. The van der Waals surface area contributed by atoms with Crippen LogP contribution in [0.5, 0.6) is 0 Å². The second-order valence-corrected chi connectivity index (χ2v) is 6.23. The van der Waals surface area contributed by atoms with Gasteiger partial charge in [-0.2, -0.15) is 0 Å². The summed E-state index contributed by atoms with van der Waals surface area (Å²) in [6.45, 7) is 4.63. The first-order chi connectivity index (χ1) is 10.1. The summed E-state index contributed by atoms with van der Waals surface area (Å²) >= 11 is 3.50. The summed E-state index contributed by atoms with van der Waals surface area (Å²) in [6, 6.07) is 12.9. The fourth-order valence-corrected chi connectivity index (χ4v) is 2.94. The van der Waals surface area contributed by atoms with Gasteiger partial charge in [-0.1, -0.05) is 34.1 Å². The molecule has 5 heteroatoms. The van der Waals surface area contributed by atoms with Crippen molar-refractivity contribution in [1.29, 1.82) is 0 Å². The van der Waals surface area contributed by atoms with Crippen LogP contribution in [0.2, 0.25) is 0 Å². The van der Waals surface area contributed by atoms with Crippen molar-refractivity contribution in [2.24, 2.45) is 5.73 Å². The highest BCUT2D eigenvalue weighted by molar-refractivity contribution is 9.10. The molecule has 0 amide bonds. The van der Waals surface area contributed by atoms with Crippen molar-refractivity contribution in [2.45, 2.75) is 26.4 Å². The lowest BCUT2D eigenvalue weighted by atomic mass is 10.1. The Balaban J connectivity index is 2.16. The van der Waals surface area contributed by atoms with Gasteiger partial charge in [0, 0.05) is 16.1 Å². The predicted octanol–water partition coefficient (Wildman–Crippen LogP) is 3.90. The molecule has 3 rings (SSSR count). The molecule has 0 aliphatic carbocycles. The molecule has 2 aromatic carbocycles. The molecular weight excluding hydrogens is 328 g/mol. The first-order valence-corrected chi connectivity index (χ1v) is 7.73. The molecule has 108 valence electrons. The quantitative estimate of drug-likeness (QED) is 0.783. The van der Waals surface area contributed by atoms with Crippen molar-refractivity contribution >= 4 is 26.7 Å². The van der Waals surface area contributed by atoms with Crippen molar-refractivity contribution in [3.05, 3.63) is 46.7 Å². The Morgan fingerprint density at radius 1 is 1.10 bits per heavy atom. The molecule has 0 bridgehead atoms. The van der Waals surface area contributed by atoms with E-state index in [1.54, 1.807) is 0 Å². The predicted molar refractivity (Wildman–Crippen MR) is 88.9 cm³/mol. The van der Waals surface area contributed by atoms with Gasteiger partial charge in [0.2, 0.25) is 0 Å². The zero-order valence-corrected chi connectivity index (χ0v) is 13.6. The van der Waals surface area contributed by atoms with E-state index in [0.29, 0.717) is 6.54 Å². The molecule has 0 aliphatic heterocycles. The number of fused-ring (bicyclic) bond motifs is 1. The molecule has 0 saturated heterocycles. The zero-order chi connectivity index (χ0) is 15.0. The van der Waals surface area contributed by atoms with E-state index in [9.17, 15) is 0 Å². The van der Waals surface area contributed by atoms with Crippen LogP contribution in [0, 0.1) is 0 Å². The molecule has 2 N–H and O–H groups in total. The Labute approximate surface area is 132 Å². The third-order valence-corrected chi connectivity index (χ3v) is 4.02. The van der Waals surface area contributed by atoms with Gasteiger partial charge < -0.3 is 10.3 Å². The van der Waals surface area contributed by atoms with Gasteiger partial charge in [0.05, 0.1) is 6.54 Å². The van der Waals surface area contributed by atoms with Gasteiger partial charge >= 0.3 is 0 Å². The lowest BCUT2D eigenvalue weighted by Crippen LogP contribution is -2.11. The third-order valence-electron chi connectivity index (χ3n) is 3.53. The summed E-state index contributed by atoms with van der Waals surface area (Å²) in [4.78, 5) is 0. The summed E-state index contributed by atoms with van der Waals surface area (Å²) in [5, 5.41) is 10.9. The second-order valence-electron chi connectivity index (χ2n) is 5.31. The van der Waals surface area contributed by atoms with E-state index in [0.717, 1.165) is 21.7 Å². The number of rotatable bonds is 3. The topological polar surface area (TPSA) is 56.7 Å². The molecule has 0 fully saturated rings. The molecule has 0 saturated carbocycles. The minimum absolute atomic E-state index is 0.272. The van der Waals surface area contributed by atoms with Gasteiger partial charge in [-0.3, -0.25) is 0 Å². The number of aromatic nitrogens is 3. The van der Waals surface area contributed by atoms with Gasteiger partial charge in [0.1, 0.15) is 5.82 Å². The lowest BCUT2D eigenvalue weighted by molar-refractivity contribution is 0.574. The molecule has 0 radical (unpaired) electrons. The summed E-state index contributed by atoms with van der Waals surface area (Å²) in [7, 11) is 0. The highest BCUT2D eigenvalue weighted by Crippen LogP contribution is 2.27. The maximum absolute atomic E-state index is 5.76. The Kier molecular flexibility index (Phi) is 3.78. The molecule has 1 aromatic heterocycles. The molecule has 21 heavy (non-hydrogen) atoms. The Morgan fingerprint density at radius 3 is 2.52 bits per heavy atom. The fraction of sp³-hybridized carbons (Fsp3) is 0.250. The van der Waals surface area contributed by atoms with Crippen LogP contribution < -0.4 is 5.73 Å². The minimum Gasteiger partial charge on any atom is -0.324 e. The number of nitrogens with two attached hydrogens (primary N) is 1. The Morgan fingerprint density at radius 2 is 1.81 bits per heavy atom. The van der Waals surface area contributed by atoms with E-state index in [2.05, 4.69) is 74.9 Å². The maximum atomic E-state index is 5.76. The van der Waals surface area contributed by atoms with Crippen molar-refractivity contribution < 1.29 is 0 Å². The van der Waals surface area contributed by atoms with E-state index < -0.39 is 0 Å². The first kappa shape index (κ1) is 14.2. The highest BCUT2D eigenvalue weighted by Gasteiger charge is 2.15. The SMILES string of the molecule is CC(C)n1c(CN)nnc1-c1ccc2cc(Br)ccc2c1. The molecular formula is C16H17BrN4. The highest BCUT2D eigenvalue weighted by atomic mass is 79.9. The van der Waals surface area contributed by atoms with Crippen molar-refractivity contribution in [3.63, 3.8) is 0 Å². The smallest absolute Gasteiger partial charge is 0.164 e. The van der Waals surface area contributed by atoms with Crippen molar-refractivity contribution in [3.8, 4) is 11.4 Å². The fourth-order valence-electron chi connectivity index (χ4n) is 2.56. The van der Waals surface area contributed by atoms with Crippen LogP contribution in [-0.2, 0) is 6.54 Å². The minimum atomic E-state index is 0.272. The van der Waals surface area contributed by atoms with Gasteiger partial charge in [0.15, 0.2) is 5.82 Å². The van der Waals surface area contributed by atoms with Crippen LogP contribution in [0.4, 0.5) is 0 Å². The maximum Gasteiger partial charge on any atom is 0.164 e. The second kappa shape index (κ2) is 5.58. The normalized spacial score (nSPS) is 11.5. The van der Waals surface area contributed by atoms with E-state index in [-0.39, 0.29) is 6.04 Å². The van der Waals surface area contributed by atoms with Crippen molar-refractivity contribution in [2.75, 3.05) is 0 Å². The van der Waals surface area contributed by atoms with Crippen LogP contribution in [0.3, 0.4) is 0 Å². The number of benzene rings is 2. The number of halogens is 1. The number of nitrogens with zero attached hydrogens (tertiary/aromatic N) is 3. The van der Waals surface area contributed by atoms with E-state index in [1.807, 2.05) is 6.07 Å². The molecule has 0 spiro atoms. The summed E-state index contributed by atoms with van der Waals surface area (Å²) in [6.07, 6.45) is 0. The average molecular weight is 345 g/mol. The number of hydrogen-bond acceptors (Lipinski definition) is 3. The van der Waals surface area contributed by atoms with Gasteiger partial charge in [0.25, 0.3) is 0 Å². The summed E-state index contributed by atoms with van der Waals surface area (Å²) in [5.41, 5.74) is 6.82. The summed E-state index contributed by atoms with van der Waals surface area (Å²) < 4.78 is 3.18. The molecule has 4 nitrogen and oxygen atoms in total. The molecule has 0 atom stereocenters. The average Bonchev–Trinajstić information content (AvgIpc) is 2.90. The van der Waals surface area contributed by atoms with E-state index in [1.165, 1.54) is 10.8 Å². The van der Waals surface area contributed by atoms with Crippen LogP contribution >= 0.6 is 15.9 Å². The summed E-state index contributed by atoms with van der Waals surface area (Å²) in [5.74, 6) is 1.69. The van der Waals surface area contributed by atoms with Crippen molar-refractivity contribution in [1.82, 2.24) is 14.8 Å².